The lowest BCUT2D eigenvalue weighted by Crippen LogP contribution is -2.23. The maximum absolute atomic E-state index is 13.0. The second kappa shape index (κ2) is 7.90. The van der Waals surface area contributed by atoms with Gasteiger partial charge in [-0.05, 0) is 42.0 Å². The molecule has 2 aromatic carbocycles. The minimum absolute atomic E-state index is 0.219. The van der Waals surface area contributed by atoms with Crippen molar-refractivity contribution in [2.75, 3.05) is 0 Å². The number of benzene rings is 2. The number of hydrogen-bond acceptors (Lipinski definition) is 4. The van der Waals surface area contributed by atoms with Crippen LogP contribution in [0.1, 0.15) is 26.3 Å². The second-order valence-corrected chi connectivity index (χ2v) is 6.56. The highest BCUT2D eigenvalue weighted by atomic mass is 16.2. The van der Waals surface area contributed by atoms with Gasteiger partial charge in [0.05, 0.1) is 16.8 Å². The number of primary amides is 1. The van der Waals surface area contributed by atoms with Crippen molar-refractivity contribution in [1.82, 2.24) is 15.3 Å². The molecule has 3 N–H and O–H groups in total. The molecule has 4 aromatic rings. The fourth-order valence-electron chi connectivity index (χ4n) is 3.15. The number of hydrogen-bond donors (Lipinski definition) is 2. The van der Waals surface area contributed by atoms with E-state index in [1.165, 1.54) is 0 Å². The van der Waals surface area contributed by atoms with E-state index >= 15 is 0 Å². The highest BCUT2D eigenvalue weighted by Gasteiger charge is 2.14. The zero-order chi connectivity index (χ0) is 20.2. The van der Waals surface area contributed by atoms with Crippen LogP contribution in [0.15, 0.2) is 79.1 Å². The zero-order valence-electron chi connectivity index (χ0n) is 15.5. The highest BCUT2D eigenvalue weighted by molar-refractivity contribution is 6.07. The molecular weight excluding hydrogens is 364 g/mol. The monoisotopic (exact) mass is 382 g/mol. The van der Waals surface area contributed by atoms with E-state index in [1.807, 2.05) is 42.5 Å². The number of rotatable bonds is 5. The van der Waals surface area contributed by atoms with Gasteiger partial charge in [-0.3, -0.25) is 14.6 Å². The zero-order valence-corrected chi connectivity index (χ0v) is 15.5. The molecule has 6 nitrogen and oxygen atoms in total. The van der Waals surface area contributed by atoms with Crippen molar-refractivity contribution in [2.45, 2.75) is 6.54 Å². The molecule has 0 atom stereocenters. The quantitative estimate of drug-likeness (QED) is 0.553. The Kier molecular flexibility index (Phi) is 4.99. The van der Waals surface area contributed by atoms with Crippen LogP contribution in [0.25, 0.3) is 22.2 Å². The fourth-order valence-corrected chi connectivity index (χ4v) is 3.15. The van der Waals surface area contributed by atoms with E-state index in [0.29, 0.717) is 16.8 Å². The average Bonchev–Trinajstić information content (AvgIpc) is 2.77. The average molecular weight is 382 g/mol. The lowest BCUT2D eigenvalue weighted by atomic mass is 10.0. The first-order valence-corrected chi connectivity index (χ1v) is 9.09. The van der Waals surface area contributed by atoms with E-state index < -0.39 is 5.91 Å². The van der Waals surface area contributed by atoms with Gasteiger partial charge in [-0.25, -0.2) is 4.98 Å². The Bertz CT molecular complexity index is 1210. The van der Waals surface area contributed by atoms with Gasteiger partial charge in [0.15, 0.2) is 0 Å². The fraction of sp³-hybridized carbons (Fsp3) is 0.0435. The number of aromatic nitrogens is 2. The van der Waals surface area contributed by atoms with Crippen molar-refractivity contribution >= 4 is 22.7 Å². The Hall–Kier alpha value is -4.06. The van der Waals surface area contributed by atoms with Gasteiger partial charge in [0.1, 0.15) is 0 Å². The van der Waals surface area contributed by atoms with E-state index in [9.17, 15) is 9.59 Å². The topological polar surface area (TPSA) is 98.0 Å². The summed E-state index contributed by atoms with van der Waals surface area (Å²) in [7, 11) is 0. The summed E-state index contributed by atoms with van der Waals surface area (Å²) in [4.78, 5) is 33.1. The van der Waals surface area contributed by atoms with Crippen molar-refractivity contribution in [3.05, 3.63) is 95.8 Å². The molecule has 0 aliphatic rings. The van der Waals surface area contributed by atoms with Crippen molar-refractivity contribution in [3.8, 4) is 11.3 Å². The van der Waals surface area contributed by atoms with Crippen LogP contribution in [0.5, 0.6) is 0 Å². The van der Waals surface area contributed by atoms with E-state index in [-0.39, 0.29) is 12.5 Å². The van der Waals surface area contributed by atoms with Crippen LogP contribution >= 0.6 is 0 Å². The van der Waals surface area contributed by atoms with Gasteiger partial charge < -0.3 is 11.1 Å². The molecule has 2 amide bonds. The number of amides is 2. The molecule has 29 heavy (non-hydrogen) atoms. The third-order valence-corrected chi connectivity index (χ3v) is 4.60. The molecule has 0 aliphatic carbocycles. The van der Waals surface area contributed by atoms with Gasteiger partial charge in [-0.15, -0.1) is 0 Å². The Labute approximate surface area is 167 Å². The van der Waals surface area contributed by atoms with Crippen LogP contribution in [-0.4, -0.2) is 21.8 Å². The standard InChI is InChI=1S/C23H18N4O2/c24-22(28)17-5-3-4-15(12-17)14-26-23(29)19-13-21(16-8-10-25-11-9-16)27-20-7-2-1-6-18(19)20/h1-13H,14H2,(H2,24,28)(H,26,29). The number of nitrogens with two attached hydrogens (primary N) is 1. The molecule has 6 heteroatoms. The third kappa shape index (κ3) is 3.96. The molecule has 142 valence electrons. The molecule has 0 saturated heterocycles. The Morgan fingerprint density at radius 2 is 1.72 bits per heavy atom. The van der Waals surface area contributed by atoms with Gasteiger partial charge in [-0.1, -0.05) is 30.3 Å². The molecule has 0 spiro atoms. The summed E-state index contributed by atoms with van der Waals surface area (Å²) in [6.45, 7) is 0.279. The molecule has 0 unspecified atom stereocenters. The van der Waals surface area contributed by atoms with Gasteiger partial charge in [0.2, 0.25) is 5.91 Å². The number of carbonyl (C=O) groups is 2. The van der Waals surface area contributed by atoms with E-state index in [0.717, 1.165) is 22.0 Å². The highest BCUT2D eigenvalue weighted by Crippen LogP contribution is 2.24. The first kappa shape index (κ1) is 18.3. The summed E-state index contributed by atoms with van der Waals surface area (Å²) in [6, 6.07) is 19.9. The first-order chi connectivity index (χ1) is 14.1. The SMILES string of the molecule is NC(=O)c1cccc(CNC(=O)c2cc(-c3ccncc3)nc3ccccc23)c1. The molecule has 2 aromatic heterocycles. The van der Waals surface area contributed by atoms with Gasteiger partial charge in [-0.2, -0.15) is 0 Å². The molecule has 0 radical (unpaired) electrons. The van der Waals surface area contributed by atoms with Crippen LogP contribution in [-0.2, 0) is 6.54 Å². The minimum Gasteiger partial charge on any atom is -0.366 e. The van der Waals surface area contributed by atoms with Crippen LogP contribution in [0.4, 0.5) is 0 Å². The summed E-state index contributed by atoms with van der Waals surface area (Å²) in [5.41, 5.74) is 9.39. The van der Waals surface area contributed by atoms with Gasteiger partial charge >= 0.3 is 0 Å². The summed E-state index contributed by atoms with van der Waals surface area (Å²) in [5.74, 6) is -0.719. The normalized spacial score (nSPS) is 10.6. The number of pyridine rings is 2. The number of fused-ring (bicyclic) bond motifs is 1. The maximum atomic E-state index is 13.0. The smallest absolute Gasteiger partial charge is 0.252 e. The number of nitrogens with zero attached hydrogens (tertiary/aromatic N) is 2. The number of nitrogens with one attached hydrogen (secondary N) is 1. The molecule has 4 rings (SSSR count). The Morgan fingerprint density at radius 1 is 0.931 bits per heavy atom. The molecular formula is C23H18N4O2. The van der Waals surface area contributed by atoms with Crippen LogP contribution in [0, 0.1) is 0 Å². The predicted octanol–water partition coefficient (Wildman–Crippen LogP) is 3.33. The molecule has 0 bridgehead atoms. The summed E-state index contributed by atoms with van der Waals surface area (Å²) in [5, 5.41) is 3.69. The number of para-hydroxylation sites is 1. The summed E-state index contributed by atoms with van der Waals surface area (Å²) < 4.78 is 0. The molecule has 0 saturated carbocycles. The van der Waals surface area contributed by atoms with E-state index in [2.05, 4.69) is 15.3 Å². The van der Waals surface area contributed by atoms with Crippen molar-refractivity contribution in [2.24, 2.45) is 5.73 Å². The first-order valence-electron chi connectivity index (χ1n) is 9.09. The van der Waals surface area contributed by atoms with E-state index in [1.54, 1.807) is 36.7 Å². The second-order valence-electron chi connectivity index (χ2n) is 6.56. The van der Waals surface area contributed by atoms with Crippen LogP contribution < -0.4 is 11.1 Å². The predicted molar refractivity (Wildman–Crippen MR) is 111 cm³/mol. The Morgan fingerprint density at radius 3 is 2.52 bits per heavy atom. The largest absolute Gasteiger partial charge is 0.366 e. The lowest BCUT2D eigenvalue weighted by Gasteiger charge is -2.11. The molecule has 0 fully saturated rings. The van der Waals surface area contributed by atoms with Crippen molar-refractivity contribution in [3.63, 3.8) is 0 Å². The Balaban J connectivity index is 1.66. The lowest BCUT2D eigenvalue weighted by molar-refractivity contribution is 0.0952. The van der Waals surface area contributed by atoms with Crippen LogP contribution in [0.3, 0.4) is 0 Å². The summed E-state index contributed by atoms with van der Waals surface area (Å²) >= 11 is 0. The molecule has 0 aliphatic heterocycles. The third-order valence-electron chi connectivity index (χ3n) is 4.60. The molecule has 2 heterocycles. The van der Waals surface area contributed by atoms with Crippen molar-refractivity contribution < 1.29 is 9.59 Å². The van der Waals surface area contributed by atoms with Gasteiger partial charge in [0.25, 0.3) is 5.91 Å². The van der Waals surface area contributed by atoms with Gasteiger partial charge in [0, 0.05) is 35.5 Å². The summed E-state index contributed by atoms with van der Waals surface area (Å²) in [6.07, 6.45) is 3.38. The minimum atomic E-state index is -0.500. The van der Waals surface area contributed by atoms with Crippen LogP contribution in [0.2, 0.25) is 0 Å². The number of carbonyl (C=O) groups excluding carboxylic acids is 2. The van der Waals surface area contributed by atoms with Crippen molar-refractivity contribution in [1.29, 1.82) is 0 Å². The maximum Gasteiger partial charge on any atom is 0.252 e. The van der Waals surface area contributed by atoms with E-state index in [4.69, 9.17) is 5.73 Å².